The van der Waals surface area contributed by atoms with Gasteiger partial charge in [-0.3, -0.25) is 4.79 Å². The molecule has 0 aliphatic rings. The summed E-state index contributed by atoms with van der Waals surface area (Å²) in [7, 11) is 0. The van der Waals surface area contributed by atoms with Gasteiger partial charge >= 0.3 is 0 Å². The standard InChI is InChI=1S/C20H25FN6OS/c1-4-29-20-25-17(23-11-13(2)3)15-12-24-27(18(15)26-20)10-9-22-19(28)14-7-5-6-8-16(14)21/h5-8,12-13H,4,9-11H2,1-3H3,(H,22,28)(H,23,25,26). The summed E-state index contributed by atoms with van der Waals surface area (Å²) in [6.07, 6.45) is 1.73. The molecule has 2 N–H and O–H groups in total. The Bertz CT molecular complexity index is 990. The highest BCUT2D eigenvalue weighted by Gasteiger charge is 2.14. The third kappa shape index (κ3) is 5.23. The molecule has 0 aliphatic carbocycles. The van der Waals surface area contributed by atoms with Gasteiger partial charge in [0.05, 0.1) is 23.7 Å². The highest BCUT2D eigenvalue weighted by molar-refractivity contribution is 7.99. The van der Waals surface area contributed by atoms with E-state index in [2.05, 4.69) is 46.5 Å². The van der Waals surface area contributed by atoms with E-state index < -0.39 is 11.7 Å². The molecule has 154 valence electrons. The summed E-state index contributed by atoms with van der Waals surface area (Å²) in [5.41, 5.74) is 0.740. The number of carbonyl (C=O) groups is 1. The predicted octanol–water partition coefficient (Wildman–Crippen LogP) is 3.58. The van der Waals surface area contributed by atoms with Crippen LogP contribution < -0.4 is 10.6 Å². The number of fused-ring (bicyclic) bond motifs is 1. The first-order chi connectivity index (χ1) is 14.0. The summed E-state index contributed by atoms with van der Waals surface area (Å²) < 4.78 is 15.5. The fourth-order valence-electron chi connectivity index (χ4n) is 2.74. The van der Waals surface area contributed by atoms with E-state index in [0.717, 1.165) is 23.5 Å². The first-order valence-electron chi connectivity index (χ1n) is 9.62. The van der Waals surface area contributed by atoms with Gasteiger partial charge in [-0.05, 0) is 23.8 Å². The van der Waals surface area contributed by atoms with Crippen LogP contribution in [0, 0.1) is 11.7 Å². The molecule has 9 heteroatoms. The zero-order valence-corrected chi connectivity index (χ0v) is 17.6. The Kier molecular flexibility index (Phi) is 7.03. The minimum Gasteiger partial charge on any atom is -0.369 e. The third-order valence-electron chi connectivity index (χ3n) is 4.15. The first kappa shape index (κ1) is 21.0. The number of thioether (sulfide) groups is 1. The SMILES string of the molecule is CCSc1nc(NCC(C)C)c2cnn(CCNC(=O)c3ccccc3F)c2n1. The van der Waals surface area contributed by atoms with Gasteiger partial charge in [0.15, 0.2) is 10.8 Å². The first-order valence-corrected chi connectivity index (χ1v) is 10.6. The van der Waals surface area contributed by atoms with Crippen molar-refractivity contribution in [3.63, 3.8) is 0 Å². The van der Waals surface area contributed by atoms with Crippen molar-refractivity contribution < 1.29 is 9.18 Å². The van der Waals surface area contributed by atoms with E-state index in [0.29, 0.717) is 29.8 Å². The van der Waals surface area contributed by atoms with Gasteiger partial charge in [-0.25, -0.2) is 19.0 Å². The molecule has 0 saturated carbocycles. The fourth-order valence-corrected chi connectivity index (χ4v) is 3.31. The van der Waals surface area contributed by atoms with E-state index in [9.17, 15) is 9.18 Å². The second-order valence-electron chi connectivity index (χ2n) is 6.90. The molecule has 7 nitrogen and oxygen atoms in total. The number of amides is 1. The second kappa shape index (κ2) is 9.69. The summed E-state index contributed by atoms with van der Waals surface area (Å²) in [5.74, 6) is 1.12. The molecule has 3 rings (SSSR count). The van der Waals surface area contributed by atoms with Crippen LogP contribution in [0.15, 0.2) is 35.6 Å². The molecule has 1 amide bonds. The van der Waals surface area contributed by atoms with Crippen molar-refractivity contribution in [3.8, 4) is 0 Å². The van der Waals surface area contributed by atoms with Crippen LogP contribution in [0.3, 0.4) is 0 Å². The lowest BCUT2D eigenvalue weighted by Crippen LogP contribution is -2.28. The quantitative estimate of drug-likeness (QED) is 0.410. The lowest BCUT2D eigenvalue weighted by atomic mass is 10.2. The van der Waals surface area contributed by atoms with E-state index >= 15 is 0 Å². The van der Waals surface area contributed by atoms with Crippen molar-refractivity contribution in [2.75, 3.05) is 24.2 Å². The fraction of sp³-hybridized carbons (Fsp3) is 0.400. The number of benzene rings is 1. The molecule has 29 heavy (non-hydrogen) atoms. The molecule has 0 spiro atoms. The Balaban J connectivity index is 1.75. The molecule has 1 aromatic carbocycles. The number of hydrogen-bond acceptors (Lipinski definition) is 6. The monoisotopic (exact) mass is 416 g/mol. The van der Waals surface area contributed by atoms with Crippen molar-refractivity contribution in [2.24, 2.45) is 5.92 Å². The Morgan fingerprint density at radius 1 is 1.28 bits per heavy atom. The summed E-state index contributed by atoms with van der Waals surface area (Å²) in [5, 5.41) is 12.0. The van der Waals surface area contributed by atoms with Crippen molar-refractivity contribution in [1.29, 1.82) is 0 Å². The van der Waals surface area contributed by atoms with Crippen LogP contribution in [0.4, 0.5) is 10.2 Å². The van der Waals surface area contributed by atoms with Crippen LogP contribution in [-0.4, -0.2) is 44.5 Å². The van der Waals surface area contributed by atoms with Gasteiger partial charge in [-0.2, -0.15) is 5.10 Å². The number of nitrogens with one attached hydrogen (secondary N) is 2. The zero-order chi connectivity index (χ0) is 20.8. The molecule has 0 bridgehead atoms. The molecular formula is C20H25FN6OS. The average molecular weight is 417 g/mol. The number of aromatic nitrogens is 4. The summed E-state index contributed by atoms with van der Waals surface area (Å²) in [4.78, 5) is 21.4. The molecule has 0 fully saturated rings. The molecule has 2 heterocycles. The number of nitrogens with zero attached hydrogens (tertiary/aromatic N) is 4. The Morgan fingerprint density at radius 3 is 2.79 bits per heavy atom. The molecule has 3 aromatic rings. The van der Waals surface area contributed by atoms with Crippen LogP contribution in [0.25, 0.3) is 11.0 Å². The predicted molar refractivity (Wildman–Crippen MR) is 114 cm³/mol. The minimum atomic E-state index is -0.538. The highest BCUT2D eigenvalue weighted by Crippen LogP contribution is 2.24. The summed E-state index contributed by atoms with van der Waals surface area (Å²) >= 11 is 1.56. The molecule has 0 aliphatic heterocycles. The van der Waals surface area contributed by atoms with E-state index in [4.69, 9.17) is 0 Å². The van der Waals surface area contributed by atoms with E-state index in [1.807, 2.05) is 0 Å². The van der Waals surface area contributed by atoms with Gasteiger partial charge in [-0.15, -0.1) is 0 Å². The van der Waals surface area contributed by atoms with Gasteiger partial charge in [0.1, 0.15) is 11.6 Å². The van der Waals surface area contributed by atoms with Gasteiger partial charge in [0, 0.05) is 13.1 Å². The number of hydrogen-bond donors (Lipinski definition) is 2. The molecule has 0 saturated heterocycles. The maximum atomic E-state index is 13.7. The average Bonchev–Trinajstić information content (AvgIpc) is 3.09. The number of anilines is 1. The Morgan fingerprint density at radius 2 is 2.07 bits per heavy atom. The lowest BCUT2D eigenvalue weighted by molar-refractivity contribution is 0.0948. The van der Waals surface area contributed by atoms with Gasteiger partial charge in [0.2, 0.25) is 0 Å². The molecule has 0 radical (unpaired) electrons. The van der Waals surface area contributed by atoms with Gasteiger partial charge < -0.3 is 10.6 Å². The Hall–Kier alpha value is -2.68. The summed E-state index contributed by atoms with van der Waals surface area (Å²) in [6, 6.07) is 5.92. The van der Waals surface area contributed by atoms with Crippen molar-refractivity contribution >= 4 is 34.5 Å². The van der Waals surface area contributed by atoms with E-state index in [-0.39, 0.29) is 5.56 Å². The van der Waals surface area contributed by atoms with Gasteiger partial charge in [0.25, 0.3) is 5.91 Å². The maximum absolute atomic E-state index is 13.7. The van der Waals surface area contributed by atoms with Gasteiger partial charge in [-0.1, -0.05) is 44.7 Å². The van der Waals surface area contributed by atoms with E-state index in [1.165, 1.54) is 12.1 Å². The largest absolute Gasteiger partial charge is 0.369 e. The molecule has 0 atom stereocenters. The number of carbonyl (C=O) groups excluding carboxylic acids is 1. The molecular weight excluding hydrogens is 391 g/mol. The van der Waals surface area contributed by atoms with Crippen molar-refractivity contribution in [2.45, 2.75) is 32.5 Å². The number of halogens is 1. The van der Waals surface area contributed by atoms with Crippen molar-refractivity contribution in [3.05, 3.63) is 41.8 Å². The van der Waals surface area contributed by atoms with Crippen LogP contribution >= 0.6 is 11.8 Å². The van der Waals surface area contributed by atoms with E-state index in [1.54, 1.807) is 34.8 Å². The molecule has 2 aromatic heterocycles. The zero-order valence-electron chi connectivity index (χ0n) is 16.8. The van der Waals surface area contributed by atoms with Crippen LogP contribution in [0.1, 0.15) is 31.1 Å². The Labute approximate surface area is 173 Å². The topological polar surface area (TPSA) is 84.7 Å². The molecule has 0 unspecified atom stereocenters. The van der Waals surface area contributed by atoms with Crippen LogP contribution in [0.5, 0.6) is 0 Å². The normalized spacial score (nSPS) is 11.2. The van der Waals surface area contributed by atoms with Crippen LogP contribution in [0.2, 0.25) is 0 Å². The van der Waals surface area contributed by atoms with Crippen molar-refractivity contribution in [1.82, 2.24) is 25.1 Å². The smallest absolute Gasteiger partial charge is 0.254 e. The number of rotatable bonds is 9. The van der Waals surface area contributed by atoms with Crippen LogP contribution in [-0.2, 0) is 6.54 Å². The second-order valence-corrected chi connectivity index (χ2v) is 8.13. The summed E-state index contributed by atoms with van der Waals surface area (Å²) in [6.45, 7) is 7.84. The maximum Gasteiger partial charge on any atom is 0.254 e. The minimum absolute atomic E-state index is 0.0296. The third-order valence-corrected chi connectivity index (χ3v) is 4.88. The lowest BCUT2D eigenvalue weighted by Gasteiger charge is -2.11. The highest BCUT2D eigenvalue weighted by atomic mass is 32.2.